The Labute approximate surface area is 212 Å². The van der Waals surface area contributed by atoms with Crippen LogP contribution >= 0.6 is 0 Å². The van der Waals surface area contributed by atoms with Gasteiger partial charge in [0.2, 0.25) is 11.8 Å². The fraction of sp³-hybridized carbons (Fsp3) is 0.370. The van der Waals surface area contributed by atoms with Gasteiger partial charge in [0.25, 0.3) is 0 Å². The predicted octanol–water partition coefficient (Wildman–Crippen LogP) is 2.61. The summed E-state index contributed by atoms with van der Waals surface area (Å²) in [6.45, 7) is 1.55. The molecule has 5 rings (SSSR count). The van der Waals surface area contributed by atoms with Crippen molar-refractivity contribution in [2.75, 3.05) is 21.3 Å². The number of nitrogens with zero attached hydrogens (tertiary/aromatic N) is 1. The van der Waals surface area contributed by atoms with Crippen LogP contribution < -0.4 is 9.47 Å². The number of hydrogen-bond donors (Lipinski definition) is 1. The average Bonchev–Trinajstić information content (AvgIpc) is 3.15. The van der Waals surface area contributed by atoms with E-state index in [1.165, 1.54) is 26.4 Å². The highest BCUT2D eigenvalue weighted by Crippen LogP contribution is 2.57. The maximum absolute atomic E-state index is 13.5. The molecule has 4 atom stereocenters. The highest BCUT2D eigenvalue weighted by atomic mass is 16.5. The first-order valence-electron chi connectivity index (χ1n) is 11.7. The molecule has 10 nitrogen and oxygen atoms in total. The Bertz CT molecular complexity index is 1380. The smallest absolute Gasteiger partial charge is 0.423 e. The van der Waals surface area contributed by atoms with Crippen LogP contribution in [0.5, 0.6) is 17.2 Å². The first kappa shape index (κ1) is 24.5. The number of allylic oxidation sites excluding steroid dienone is 6. The maximum atomic E-state index is 13.5. The molecule has 192 valence electrons. The number of phenols is 1. The van der Waals surface area contributed by atoms with Crippen molar-refractivity contribution in [1.29, 1.82) is 0 Å². The molecule has 3 aliphatic carbocycles. The monoisotopic (exact) mass is 507 g/mol. The quantitative estimate of drug-likeness (QED) is 0.372. The van der Waals surface area contributed by atoms with Gasteiger partial charge < -0.3 is 19.3 Å². The second-order valence-corrected chi connectivity index (χ2v) is 9.47. The molecule has 1 aromatic rings. The van der Waals surface area contributed by atoms with Crippen LogP contribution in [0.1, 0.15) is 31.2 Å². The third-order valence-corrected chi connectivity index (χ3v) is 7.76. The minimum absolute atomic E-state index is 0.0421. The number of phenolic OH excluding ortho intramolecular Hbond substituents is 1. The number of imide groups is 3. The van der Waals surface area contributed by atoms with Gasteiger partial charge in [-0.25, -0.2) is 4.79 Å². The summed E-state index contributed by atoms with van der Waals surface area (Å²) in [4.78, 5) is 65.8. The standard InChI is InChI=1S/C27H25NO9/c1-11-7-17(29)16-10-15-13(5-6-14-20(15)26(33)28(25(14)32)27(34)37-4)21(22(16)24(11)31)23-18(30)8-12(35-2)9-19(23)36-3/h5,7-9,14-15,20-21,30H,6,10H2,1-4H3/t14-,15+,20-,21-/m0/s1. The zero-order valence-corrected chi connectivity index (χ0v) is 20.7. The molecule has 0 bridgehead atoms. The lowest BCUT2D eigenvalue weighted by Gasteiger charge is -2.42. The molecule has 1 N–H and O–H groups in total. The molecule has 1 fully saturated rings. The number of aromatic hydroxyl groups is 1. The number of ether oxygens (including phenoxy) is 3. The number of carbonyl (C=O) groups is 5. The third-order valence-electron chi connectivity index (χ3n) is 7.76. The molecular weight excluding hydrogens is 482 g/mol. The van der Waals surface area contributed by atoms with E-state index >= 15 is 0 Å². The second kappa shape index (κ2) is 8.72. The lowest BCUT2D eigenvalue weighted by Crippen LogP contribution is -2.40. The molecule has 37 heavy (non-hydrogen) atoms. The minimum Gasteiger partial charge on any atom is -0.507 e. The Hall–Kier alpha value is -4.21. The van der Waals surface area contributed by atoms with E-state index in [4.69, 9.17) is 9.47 Å². The van der Waals surface area contributed by atoms with Crippen LogP contribution in [0.15, 0.2) is 46.6 Å². The van der Waals surface area contributed by atoms with Gasteiger partial charge in [-0.3, -0.25) is 19.2 Å². The van der Waals surface area contributed by atoms with Crippen molar-refractivity contribution in [3.8, 4) is 17.2 Å². The van der Waals surface area contributed by atoms with Crippen molar-refractivity contribution >= 4 is 29.5 Å². The van der Waals surface area contributed by atoms with E-state index in [1.54, 1.807) is 19.1 Å². The van der Waals surface area contributed by atoms with Crippen LogP contribution in [0.2, 0.25) is 0 Å². The molecule has 1 aromatic carbocycles. The van der Waals surface area contributed by atoms with E-state index in [1.807, 2.05) is 0 Å². The summed E-state index contributed by atoms with van der Waals surface area (Å²) in [5.41, 5.74) is 1.56. The van der Waals surface area contributed by atoms with Crippen molar-refractivity contribution in [3.63, 3.8) is 0 Å². The number of fused-ring (bicyclic) bond motifs is 3. The van der Waals surface area contributed by atoms with E-state index < -0.39 is 41.6 Å². The summed E-state index contributed by atoms with van der Waals surface area (Å²) in [7, 11) is 3.93. The summed E-state index contributed by atoms with van der Waals surface area (Å²) in [6.07, 6.45) is 2.17. The fourth-order valence-electron chi connectivity index (χ4n) is 6.13. The first-order valence-corrected chi connectivity index (χ1v) is 11.7. The van der Waals surface area contributed by atoms with Gasteiger partial charge in [0.05, 0.1) is 33.2 Å². The highest BCUT2D eigenvalue weighted by molar-refractivity contribution is 6.24. The van der Waals surface area contributed by atoms with E-state index in [0.29, 0.717) is 16.2 Å². The van der Waals surface area contributed by atoms with Crippen molar-refractivity contribution in [3.05, 3.63) is 52.1 Å². The fourth-order valence-corrected chi connectivity index (χ4v) is 6.13. The average molecular weight is 507 g/mol. The molecule has 1 aliphatic heterocycles. The number of benzene rings is 1. The molecule has 1 saturated heterocycles. The number of likely N-dealkylation sites (tertiary alicyclic amines) is 1. The van der Waals surface area contributed by atoms with Gasteiger partial charge in [0.15, 0.2) is 11.6 Å². The molecule has 0 unspecified atom stereocenters. The largest absolute Gasteiger partial charge is 0.507 e. The lowest BCUT2D eigenvalue weighted by molar-refractivity contribution is -0.137. The third kappa shape index (κ3) is 3.42. The molecule has 0 aromatic heterocycles. The zero-order chi connectivity index (χ0) is 26.8. The van der Waals surface area contributed by atoms with Gasteiger partial charge in [-0.05, 0) is 31.8 Å². The predicted molar refractivity (Wildman–Crippen MR) is 127 cm³/mol. The Balaban J connectivity index is 1.73. The van der Waals surface area contributed by atoms with E-state index in [9.17, 15) is 29.1 Å². The van der Waals surface area contributed by atoms with Gasteiger partial charge in [0, 0.05) is 40.3 Å². The van der Waals surface area contributed by atoms with Gasteiger partial charge in [-0.2, -0.15) is 4.90 Å². The number of carbonyl (C=O) groups excluding carboxylic acids is 5. The summed E-state index contributed by atoms with van der Waals surface area (Å²) >= 11 is 0. The summed E-state index contributed by atoms with van der Waals surface area (Å²) in [5, 5.41) is 11.1. The molecule has 0 spiro atoms. The summed E-state index contributed by atoms with van der Waals surface area (Å²) in [6, 6.07) is 2.95. The second-order valence-electron chi connectivity index (χ2n) is 9.47. The van der Waals surface area contributed by atoms with Crippen molar-refractivity contribution in [2.24, 2.45) is 17.8 Å². The maximum Gasteiger partial charge on any atom is 0.423 e. The van der Waals surface area contributed by atoms with Crippen molar-refractivity contribution in [1.82, 2.24) is 4.90 Å². The van der Waals surface area contributed by atoms with Crippen molar-refractivity contribution < 1.29 is 43.3 Å². The van der Waals surface area contributed by atoms with Crippen LogP contribution in [0.4, 0.5) is 4.79 Å². The number of hydrogen-bond acceptors (Lipinski definition) is 9. The van der Waals surface area contributed by atoms with E-state index in [2.05, 4.69) is 4.74 Å². The van der Waals surface area contributed by atoms with E-state index in [0.717, 1.165) is 7.11 Å². The van der Waals surface area contributed by atoms with Gasteiger partial charge >= 0.3 is 6.09 Å². The Morgan fingerprint density at radius 1 is 1.03 bits per heavy atom. The number of ketones is 2. The normalized spacial score (nSPS) is 26.8. The van der Waals surface area contributed by atoms with Gasteiger partial charge in [-0.1, -0.05) is 11.6 Å². The number of methoxy groups -OCH3 is 3. The van der Waals surface area contributed by atoms with Crippen LogP contribution in [-0.2, 0) is 23.9 Å². The van der Waals surface area contributed by atoms with Crippen LogP contribution in [-0.4, -0.2) is 60.8 Å². The Morgan fingerprint density at radius 3 is 2.41 bits per heavy atom. The number of rotatable bonds is 3. The van der Waals surface area contributed by atoms with Gasteiger partial charge in [0.1, 0.15) is 17.2 Å². The van der Waals surface area contributed by atoms with Crippen molar-refractivity contribution in [2.45, 2.75) is 25.7 Å². The number of Topliss-reactive ketones (excluding diaryl/α,β-unsaturated/α-hetero) is 1. The summed E-state index contributed by atoms with van der Waals surface area (Å²) < 4.78 is 15.5. The first-order chi connectivity index (χ1) is 17.6. The minimum atomic E-state index is -1.06. The molecule has 0 saturated carbocycles. The van der Waals surface area contributed by atoms with Crippen LogP contribution in [0.25, 0.3) is 0 Å². The lowest BCUT2D eigenvalue weighted by atomic mass is 9.59. The van der Waals surface area contributed by atoms with Crippen LogP contribution in [0.3, 0.4) is 0 Å². The topological polar surface area (TPSA) is 137 Å². The molecule has 4 aliphatic rings. The number of amides is 3. The SMILES string of the molecule is COC(=O)N1C(=O)[C@H]2[C@H](CC=C3[C@H](c4c(O)cc(OC)cc4OC)C4=C(C[C@H]32)C(=O)C=C(C)C4=O)C1=O. The molecular formula is C27H25NO9. The van der Waals surface area contributed by atoms with E-state index in [-0.39, 0.29) is 58.2 Å². The molecule has 0 radical (unpaired) electrons. The van der Waals surface area contributed by atoms with Gasteiger partial charge in [-0.15, -0.1) is 0 Å². The molecule has 10 heteroatoms. The Morgan fingerprint density at radius 2 is 1.76 bits per heavy atom. The molecule has 3 amide bonds. The highest BCUT2D eigenvalue weighted by Gasteiger charge is 2.58. The Kier molecular flexibility index (Phi) is 5.77. The molecule has 1 heterocycles. The zero-order valence-electron chi connectivity index (χ0n) is 20.7. The summed E-state index contributed by atoms with van der Waals surface area (Å²) in [5.74, 6) is -5.03. The van der Waals surface area contributed by atoms with Crippen LogP contribution in [0, 0.1) is 17.8 Å².